The van der Waals surface area contributed by atoms with Gasteiger partial charge in [-0.05, 0) is 39.0 Å². The molecule has 0 aromatic rings. The number of piperidine rings is 2. The zero-order valence-electron chi connectivity index (χ0n) is 13.0. The number of aliphatic carboxylic acids is 1. The molecule has 22 heavy (non-hydrogen) atoms. The highest BCUT2D eigenvalue weighted by molar-refractivity contribution is 5.97. The SMILES string of the molecule is CC1CCCCN1/C=C(/C#N)C(=O)N1CCC(C(=O)O)CC1. The lowest BCUT2D eigenvalue weighted by Crippen LogP contribution is -2.41. The summed E-state index contributed by atoms with van der Waals surface area (Å²) in [5, 5.41) is 18.3. The number of hydrogen-bond acceptors (Lipinski definition) is 4. The van der Waals surface area contributed by atoms with Crippen molar-refractivity contribution >= 4 is 11.9 Å². The Hall–Kier alpha value is -2.03. The van der Waals surface area contributed by atoms with Crippen LogP contribution < -0.4 is 0 Å². The van der Waals surface area contributed by atoms with Gasteiger partial charge in [0.1, 0.15) is 11.6 Å². The number of rotatable bonds is 3. The normalized spacial score (nSPS) is 24.0. The molecule has 0 aromatic carbocycles. The minimum atomic E-state index is -0.801. The molecule has 2 heterocycles. The molecular formula is C16H23N3O3. The third-order valence-electron chi connectivity index (χ3n) is 4.63. The first-order valence-corrected chi connectivity index (χ1v) is 7.92. The van der Waals surface area contributed by atoms with E-state index in [1.165, 1.54) is 6.42 Å². The van der Waals surface area contributed by atoms with Crippen LogP contribution in [0.3, 0.4) is 0 Å². The molecule has 0 radical (unpaired) electrons. The Bertz CT molecular complexity index is 501. The lowest BCUT2D eigenvalue weighted by atomic mass is 9.96. The van der Waals surface area contributed by atoms with E-state index in [-0.39, 0.29) is 17.4 Å². The van der Waals surface area contributed by atoms with Crippen LogP contribution in [0.2, 0.25) is 0 Å². The quantitative estimate of drug-likeness (QED) is 0.632. The van der Waals surface area contributed by atoms with Crippen molar-refractivity contribution in [3.05, 3.63) is 11.8 Å². The second-order valence-electron chi connectivity index (χ2n) is 6.14. The maximum absolute atomic E-state index is 12.4. The number of carbonyl (C=O) groups is 2. The van der Waals surface area contributed by atoms with E-state index in [0.29, 0.717) is 32.0 Å². The molecule has 2 aliphatic heterocycles. The van der Waals surface area contributed by atoms with E-state index in [0.717, 1.165) is 19.4 Å². The molecule has 6 nitrogen and oxygen atoms in total. The van der Waals surface area contributed by atoms with E-state index in [2.05, 4.69) is 11.8 Å². The summed E-state index contributed by atoms with van der Waals surface area (Å²) in [5.74, 6) is -1.45. The zero-order valence-corrected chi connectivity index (χ0v) is 13.0. The van der Waals surface area contributed by atoms with Gasteiger partial charge in [0, 0.05) is 31.9 Å². The fourth-order valence-corrected chi connectivity index (χ4v) is 3.11. The highest BCUT2D eigenvalue weighted by Crippen LogP contribution is 2.21. The number of carbonyl (C=O) groups excluding carboxylic acids is 1. The van der Waals surface area contributed by atoms with Gasteiger partial charge in [-0.3, -0.25) is 9.59 Å². The topological polar surface area (TPSA) is 84.6 Å². The van der Waals surface area contributed by atoms with Gasteiger partial charge in [-0.15, -0.1) is 0 Å². The van der Waals surface area contributed by atoms with Crippen molar-refractivity contribution in [3.63, 3.8) is 0 Å². The Morgan fingerprint density at radius 2 is 1.86 bits per heavy atom. The van der Waals surface area contributed by atoms with E-state index in [1.54, 1.807) is 11.1 Å². The van der Waals surface area contributed by atoms with Crippen LogP contribution in [0.1, 0.15) is 39.0 Å². The first kappa shape index (κ1) is 16.3. The summed E-state index contributed by atoms with van der Waals surface area (Å²) in [6.07, 6.45) is 5.95. The van der Waals surface area contributed by atoms with Gasteiger partial charge < -0.3 is 14.9 Å². The molecule has 2 aliphatic rings. The van der Waals surface area contributed by atoms with Crippen molar-refractivity contribution in [3.8, 4) is 6.07 Å². The Morgan fingerprint density at radius 1 is 1.18 bits per heavy atom. The van der Waals surface area contributed by atoms with Crippen LogP contribution in [0.4, 0.5) is 0 Å². The minimum absolute atomic E-state index is 0.155. The first-order chi connectivity index (χ1) is 10.5. The van der Waals surface area contributed by atoms with Crippen molar-refractivity contribution < 1.29 is 14.7 Å². The molecule has 0 spiro atoms. The number of carboxylic acids is 1. The minimum Gasteiger partial charge on any atom is -0.481 e. The van der Waals surface area contributed by atoms with Gasteiger partial charge >= 0.3 is 5.97 Å². The molecule has 1 amide bonds. The van der Waals surface area contributed by atoms with Gasteiger partial charge in [0.15, 0.2) is 0 Å². The Labute approximate surface area is 131 Å². The van der Waals surface area contributed by atoms with Gasteiger partial charge in [0.25, 0.3) is 5.91 Å². The molecule has 0 aliphatic carbocycles. The largest absolute Gasteiger partial charge is 0.481 e. The summed E-state index contributed by atoms with van der Waals surface area (Å²) in [5.41, 5.74) is 0.155. The monoisotopic (exact) mass is 305 g/mol. The van der Waals surface area contributed by atoms with E-state index < -0.39 is 5.97 Å². The summed E-state index contributed by atoms with van der Waals surface area (Å²) >= 11 is 0. The maximum Gasteiger partial charge on any atom is 0.306 e. The van der Waals surface area contributed by atoms with E-state index in [1.807, 2.05) is 6.07 Å². The third kappa shape index (κ3) is 3.79. The van der Waals surface area contributed by atoms with Crippen molar-refractivity contribution in [2.24, 2.45) is 5.92 Å². The van der Waals surface area contributed by atoms with Crippen LogP contribution in [-0.4, -0.2) is 52.5 Å². The van der Waals surface area contributed by atoms with Gasteiger partial charge in [0.2, 0.25) is 0 Å². The summed E-state index contributed by atoms with van der Waals surface area (Å²) in [6.45, 7) is 3.79. The Balaban J connectivity index is 2.00. The van der Waals surface area contributed by atoms with E-state index >= 15 is 0 Å². The van der Waals surface area contributed by atoms with Gasteiger partial charge in [0.05, 0.1) is 5.92 Å². The molecule has 2 saturated heterocycles. The second-order valence-corrected chi connectivity index (χ2v) is 6.14. The molecule has 2 rings (SSSR count). The summed E-state index contributed by atoms with van der Waals surface area (Å²) in [7, 11) is 0. The predicted octanol–water partition coefficient (Wildman–Crippen LogP) is 1.59. The van der Waals surface area contributed by atoms with Crippen LogP contribution in [0.15, 0.2) is 11.8 Å². The molecule has 6 heteroatoms. The molecule has 1 unspecified atom stereocenters. The van der Waals surface area contributed by atoms with E-state index in [4.69, 9.17) is 5.11 Å². The third-order valence-corrected chi connectivity index (χ3v) is 4.63. The molecular weight excluding hydrogens is 282 g/mol. The standard InChI is InChI=1S/C16H23N3O3/c1-12-4-2-3-7-19(12)11-14(10-17)15(20)18-8-5-13(6-9-18)16(21)22/h11-13H,2-9H2,1H3,(H,21,22)/b14-11-. The van der Waals surface area contributed by atoms with E-state index in [9.17, 15) is 14.9 Å². The Morgan fingerprint density at radius 3 is 2.41 bits per heavy atom. The first-order valence-electron chi connectivity index (χ1n) is 7.92. The summed E-state index contributed by atoms with van der Waals surface area (Å²) in [6, 6.07) is 2.36. The molecule has 0 aromatic heterocycles. The van der Waals surface area contributed by atoms with Crippen LogP contribution in [0.25, 0.3) is 0 Å². The van der Waals surface area contributed by atoms with Crippen molar-refractivity contribution in [1.29, 1.82) is 5.26 Å². The molecule has 0 bridgehead atoms. The highest BCUT2D eigenvalue weighted by Gasteiger charge is 2.29. The summed E-state index contributed by atoms with van der Waals surface area (Å²) < 4.78 is 0. The van der Waals surface area contributed by atoms with Gasteiger partial charge in [-0.2, -0.15) is 5.26 Å². The molecule has 1 N–H and O–H groups in total. The fraction of sp³-hybridized carbons (Fsp3) is 0.688. The molecule has 120 valence electrons. The van der Waals surface area contributed by atoms with Gasteiger partial charge in [-0.1, -0.05) is 0 Å². The zero-order chi connectivity index (χ0) is 16.1. The van der Waals surface area contributed by atoms with Crippen molar-refractivity contribution in [2.45, 2.75) is 45.1 Å². The number of carboxylic acid groups (broad SMARTS) is 1. The molecule has 2 fully saturated rings. The number of nitrogens with zero attached hydrogens (tertiary/aromatic N) is 3. The lowest BCUT2D eigenvalue weighted by molar-refractivity contribution is -0.145. The van der Waals surface area contributed by atoms with Crippen LogP contribution in [0, 0.1) is 17.2 Å². The second kappa shape index (κ2) is 7.30. The van der Waals surface area contributed by atoms with Crippen LogP contribution in [-0.2, 0) is 9.59 Å². The average molecular weight is 305 g/mol. The van der Waals surface area contributed by atoms with Crippen molar-refractivity contribution in [2.75, 3.05) is 19.6 Å². The number of likely N-dealkylation sites (tertiary alicyclic amines) is 2. The van der Waals surface area contributed by atoms with Crippen LogP contribution in [0.5, 0.6) is 0 Å². The lowest BCUT2D eigenvalue weighted by Gasteiger charge is -2.33. The maximum atomic E-state index is 12.4. The number of hydrogen-bond donors (Lipinski definition) is 1. The average Bonchev–Trinajstić information content (AvgIpc) is 2.53. The molecule has 0 saturated carbocycles. The van der Waals surface area contributed by atoms with Gasteiger partial charge in [-0.25, -0.2) is 0 Å². The van der Waals surface area contributed by atoms with Crippen molar-refractivity contribution in [1.82, 2.24) is 9.80 Å². The Kier molecular flexibility index (Phi) is 5.42. The fourth-order valence-electron chi connectivity index (χ4n) is 3.11. The van der Waals surface area contributed by atoms with Crippen LogP contribution >= 0.6 is 0 Å². The summed E-state index contributed by atoms with van der Waals surface area (Å²) in [4.78, 5) is 27.1. The molecule has 1 atom stereocenters. The smallest absolute Gasteiger partial charge is 0.306 e. The highest BCUT2D eigenvalue weighted by atomic mass is 16.4. The number of nitriles is 1. The predicted molar refractivity (Wildman–Crippen MR) is 80.7 cm³/mol. The number of amides is 1.